The predicted octanol–water partition coefficient (Wildman–Crippen LogP) is 5.49. The van der Waals surface area contributed by atoms with Crippen LogP contribution in [0.2, 0.25) is 5.02 Å². The van der Waals surface area contributed by atoms with E-state index >= 15 is 0 Å². The average molecular weight is 477 g/mol. The molecule has 1 heterocycles. The number of amides is 2. The van der Waals surface area contributed by atoms with Crippen LogP contribution in [-0.2, 0) is 0 Å². The van der Waals surface area contributed by atoms with Crippen molar-refractivity contribution in [3.05, 3.63) is 85.0 Å². The summed E-state index contributed by atoms with van der Waals surface area (Å²) in [6.07, 6.45) is 1.52. The van der Waals surface area contributed by atoms with Crippen molar-refractivity contribution in [2.45, 2.75) is 6.92 Å². The summed E-state index contributed by atoms with van der Waals surface area (Å²) in [5.74, 6) is -0.699. The van der Waals surface area contributed by atoms with E-state index in [1.807, 2.05) is 18.4 Å². The van der Waals surface area contributed by atoms with E-state index in [2.05, 4.69) is 31.8 Å². The Kier molecular flexibility index (Phi) is 6.61. The van der Waals surface area contributed by atoms with E-state index in [4.69, 9.17) is 11.6 Å². The Morgan fingerprint density at radius 2 is 1.89 bits per heavy atom. The molecule has 0 atom stereocenters. The van der Waals surface area contributed by atoms with Crippen molar-refractivity contribution in [2.75, 3.05) is 5.32 Å². The van der Waals surface area contributed by atoms with Crippen LogP contribution in [0.1, 0.15) is 31.2 Å². The molecule has 3 rings (SSSR count). The highest BCUT2D eigenvalue weighted by molar-refractivity contribution is 9.10. The lowest BCUT2D eigenvalue weighted by Crippen LogP contribution is -2.22. The van der Waals surface area contributed by atoms with Gasteiger partial charge in [0.2, 0.25) is 0 Å². The zero-order valence-corrected chi connectivity index (χ0v) is 17.9. The molecule has 3 aromatic rings. The number of carbonyl (C=O) groups is 2. The molecule has 0 aliphatic carbocycles. The second-order valence-electron chi connectivity index (χ2n) is 5.83. The summed E-state index contributed by atoms with van der Waals surface area (Å²) in [6, 6.07) is 14.0. The van der Waals surface area contributed by atoms with E-state index in [1.54, 1.807) is 42.5 Å². The van der Waals surface area contributed by atoms with Gasteiger partial charge in [0.05, 0.1) is 22.3 Å². The number of aryl methyl sites for hydroxylation is 1. The van der Waals surface area contributed by atoms with Crippen LogP contribution in [0.3, 0.4) is 0 Å². The van der Waals surface area contributed by atoms with Crippen molar-refractivity contribution >= 4 is 62.6 Å². The molecule has 0 unspecified atom stereocenters. The highest BCUT2D eigenvalue weighted by atomic mass is 79.9. The molecular weight excluding hydrogens is 462 g/mol. The number of hydrazone groups is 1. The molecule has 0 radical (unpaired) electrons. The van der Waals surface area contributed by atoms with Crippen molar-refractivity contribution in [3.63, 3.8) is 0 Å². The van der Waals surface area contributed by atoms with Crippen LogP contribution in [-0.4, -0.2) is 18.0 Å². The summed E-state index contributed by atoms with van der Waals surface area (Å²) in [6.45, 7) is 1.82. The topological polar surface area (TPSA) is 70.6 Å². The van der Waals surface area contributed by atoms with Gasteiger partial charge in [0.25, 0.3) is 11.8 Å². The summed E-state index contributed by atoms with van der Waals surface area (Å²) < 4.78 is 0.728. The van der Waals surface area contributed by atoms with Crippen molar-refractivity contribution in [1.82, 2.24) is 5.43 Å². The number of nitrogens with one attached hydrogen (secondary N) is 2. The van der Waals surface area contributed by atoms with Crippen LogP contribution >= 0.6 is 38.9 Å². The molecule has 0 saturated carbocycles. The molecule has 1 aromatic heterocycles. The van der Waals surface area contributed by atoms with Crippen molar-refractivity contribution < 1.29 is 9.59 Å². The SMILES string of the molecule is Cc1cc(Br)cc(C(=O)N/N=C/c2ccc(Cl)cc2)c1NC(=O)c1cccs1. The number of hydrogen-bond acceptors (Lipinski definition) is 4. The maximum atomic E-state index is 12.7. The van der Waals surface area contributed by atoms with Gasteiger partial charge in [-0.15, -0.1) is 11.3 Å². The Labute approximate surface area is 179 Å². The van der Waals surface area contributed by atoms with Crippen LogP contribution in [0.15, 0.2) is 63.5 Å². The van der Waals surface area contributed by atoms with Crippen molar-refractivity contribution in [1.29, 1.82) is 0 Å². The number of benzene rings is 2. The standard InChI is InChI=1S/C20H15BrClN3O2S/c1-12-9-14(21)10-16(18(12)24-20(27)17-3-2-8-28-17)19(26)25-23-11-13-4-6-15(22)7-5-13/h2-11H,1H3,(H,24,27)(H,25,26)/b23-11+. The zero-order valence-electron chi connectivity index (χ0n) is 14.7. The third kappa shape index (κ3) is 5.07. The molecule has 0 saturated heterocycles. The first-order valence-corrected chi connectivity index (χ1v) is 10.2. The molecule has 28 heavy (non-hydrogen) atoms. The maximum Gasteiger partial charge on any atom is 0.273 e. The van der Waals surface area contributed by atoms with Gasteiger partial charge in [0, 0.05) is 9.50 Å². The second-order valence-corrected chi connectivity index (χ2v) is 8.13. The van der Waals surface area contributed by atoms with Crippen molar-refractivity contribution in [3.8, 4) is 0 Å². The number of hydrogen-bond donors (Lipinski definition) is 2. The van der Waals surface area contributed by atoms with Gasteiger partial charge in [0.15, 0.2) is 0 Å². The highest BCUT2D eigenvalue weighted by Gasteiger charge is 2.18. The summed E-state index contributed by atoms with van der Waals surface area (Å²) in [7, 11) is 0. The number of carbonyl (C=O) groups excluding carboxylic acids is 2. The second kappa shape index (κ2) is 9.14. The van der Waals surface area contributed by atoms with E-state index in [9.17, 15) is 9.59 Å². The molecular formula is C20H15BrClN3O2S. The largest absolute Gasteiger partial charge is 0.320 e. The van der Waals surface area contributed by atoms with Crippen molar-refractivity contribution in [2.24, 2.45) is 5.10 Å². The number of rotatable bonds is 5. The van der Waals surface area contributed by atoms with Gasteiger partial charge >= 0.3 is 0 Å². The Balaban J connectivity index is 1.80. The Morgan fingerprint density at radius 3 is 2.57 bits per heavy atom. The fraction of sp³-hybridized carbons (Fsp3) is 0.0500. The third-order valence-electron chi connectivity index (χ3n) is 3.78. The number of anilines is 1. The third-order valence-corrected chi connectivity index (χ3v) is 5.36. The Morgan fingerprint density at radius 1 is 1.14 bits per heavy atom. The summed E-state index contributed by atoms with van der Waals surface area (Å²) in [5.41, 5.74) is 4.80. The number of thiophene rings is 1. The molecule has 5 nitrogen and oxygen atoms in total. The molecule has 8 heteroatoms. The van der Waals surface area contributed by atoms with Gasteiger partial charge in [-0.3, -0.25) is 9.59 Å². The fourth-order valence-electron chi connectivity index (χ4n) is 2.45. The first kappa shape index (κ1) is 20.3. The number of nitrogens with zero attached hydrogens (tertiary/aromatic N) is 1. The smallest absolute Gasteiger partial charge is 0.273 e. The Hall–Kier alpha value is -2.48. The minimum atomic E-state index is -0.434. The lowest BCUT2D eigenvalue weighted by atomic mass is 10.1. The van der Waals surface area contributed by atoms with E-state index < -0.39 is 5.91 Å². The molecule has 0 fully saturated rings. The molecule has 142 valence electrons. The van der Waals surface area contributed by atoms with Crippen LogP contribution in [0, 0.1) is 6.92 Å². The molecule has 2 N–H and O–H groups in total. The van der Waals surface area contributed by atoms with Crippen LogP contribution in [0.5, 0.6) is 0 Å². The van der Waals surface area contributed by atoms with Crippen LogP contribution in [0.4, 0.5) is 5.69 Å². The summed E-state index contributed by atoms with van der Waals surface area (Å²) >= 11 is 10.6. The van der Waals surface area contributed by atoms with Gasteiger partial charge in [-0.25, -0.2) is 5.43 Å². The Bertz CT molecular complexity index is 1030. The molecule has 0 aliphatic rings. The van der Waals surface area contributed by atoms with Gasteiger partial charge in [-0.2, -0.15) is 5.10 Å². The van der Waals surface area contributed by atoms with Gasteiger partial charge < -0.3 is 5.32 Å². The lowest BCUT2D eigenvalue weighted by Gasteiger charge is -2.13. The van der Waals surface area contributed by atoms with E-state index in [0.29, 0.717) is 21.2 Å². The molecule has 0 bridgehead atoms. The van der Waals surface area contributed by atoms with Crippen LogP contribution in [0.25, 0.3) is 0 Å². The summed E-state index contributed by atoms with van der Waals surface area (Å²) in [4.78, 5) is 25.7. The highest BCUT2D eigenvalue weighted by Crippen LogP contribution is 2.27. The fourth-order valence-corrected chi connectivity index (χ4v) is 3.76. The molecule has 2 amide bonds. The van der Waals surface area contributed by atoms with Gasteiger partial charge in [-0.05, 0) is 53.8 Å². The number of halogens is 2. The first-order chi connectivity index (χ1) is 13.4. The van der Waals surface area contributed by atoms with E-state index in [-0.39, 0.29) is 5.91 Å². The first-order valence-electron chi connectivity index (χ1n) is 8.18. The molecule has 0 spiro atoms. The lowest BCUT2D eigenvalue weighted by molar-refractivity contribution is 0.0956. The monoisotopic (exact) mass is 475 g/mol. The van der Waals surface area contributed by atoms with Crippen LogP contribution < -0.4 is 10.7 Å². The van der Waals surface area contributed by atoms with Gasteiger partial charge in [-0.1, -0.05) is 45.7 Å². The van der Waals surface area contributed by atoms with E-state index in [1.165, 1.54) is 17.6 Å². The average Bonchev–Trinajstić information content (AvgIpc) is 3.20. The minimum Gasteiger partial charge on any atom is -0.320 e. The zero-order chi connectivity index (χ0) is 20.1. The van der Waals surface area contributed by atoms with Gasteiger partial charge in [0.1, 0.15) is 0 Å². The predicted molar refractivity (Wildman–Crippen MR) is 118 cm³/mol. The molecule has 0 aliphatic heterocycles. The normalized spacial score (nSPS) is 10.8. The molecule has 2 aromatic carbocycles. The van der Waals surface area contributed by atoms with E-state index in [0.717, 1.165) is 15.6 Å². The quantitative estimate of drug-likeness (QED) is 0.378. The summed E-state index contributed by atoms with van der Waals surface area (Å²) in [5, 5.41) is 9.25. The maximum absolute atomic E-state index is 12.7. The minimum absolute atomic E-state index is 0.265.